The summed E-state index contributed by atoms with van der Waals surface area (Å²) in [4.78, 5) is 12.2. The molecular formula is C15H16NO3S+. The van der Waals surface area contributed by atoms with E-state index in [-0.39, 0.29) is 16.2 Å². The highest BCUT2D eigenvalue weighted by atomic mass is 32.1. The Morgan fingerprint density at radius 2 is 2.10 bits per heavy atom. The van der Waals surface area contributed by atoms with Crippen molar-refractivity contribution in [3.05, 3.63) is 39.7 Å². The number of thiazole rings is 1. The van der Waals surface area contributed by atoms with Crippen LogP contribution in [0.1, 0.15) is 41.0 Å². The lowest BCUT2D eigenvalue weighted by molar-refractivity contribution is -0.602. The summed E-state index contributed by atoms with van der Waals surface area (Å²) in [6, 6.07) is 7.92. The van der Waals surface area contributed by atoms with Crippen molar-refractivity contribution >= 4 is 17.3 Å². The van der Waals surface area contributed by atoms with Crippen molar-refractivity contribution in [3.8, 4) is 11.6 Å². The summed E-state index contributed by atoms with van der Waals surface area (Å²) in [5, 5.41) is 11.3. The van der Waals surface area contributed by atoms with Gasteiger partial charge in [-0.1, -0.05) is 29.5 Å². The van der Waals surface area contributed by atoms with E-state index in [9.17, 15) is 9.90 Å². The van der Waals surface area contributed by atoms with Gasteiger partial charge in [-0.05, 0) is 20.8 Å². The highest BCUT2D eigenvalue weighted by Crippen LogP contribution is 2.43. The van der Waals surface area contributed by atoms with E-state index in [2.05, 4.69) is 19.9 Å². The SMILES string of the molecule is CCOC(=O)c1sc2[n+](c1O)-c1ccccc1C2(C)C. The number of carbonyl (C=O) groups is 1. The predicted octanol–water partition coefficient (Wildman–Crippen LogP) is 2.55. The van der Waals surface area contributed by atoms with Gasteiger partial charge in [0.15, 0.2) is 0 Å². The molecular weight excluding hydrogens is 274 g/mol. The van der Waals surface area contributed by atoms with Gasteiger partial charge in [0.2, 0.25) is 10.6 Å². The monoisotopic (exact) mass is 290 g/mol. The number of esters is 1. The third-order valence-electron chi connectivity index (χ3n) is 3.63. The lowest BCUT2D eigenvalue weighted by Gasteiger charge is -2.11. The van der Waals surface area contributed by atoms with Gasteiger partial charge in [0.1, 0.15) is 0 Å². The minimum absolute atomic E-state index is 0.0264. The van der Waals surface area contributed by atoms with E-state index in [1.54, 1.807) is 11.5 Å². The van der Waals surface area contributed by atoms with Crippen LogP contribution in [-0.2, 0) is 10.2 Å². The van der Waals surface area contributed by atoms with Gasteiger partial charge >= 0.3 is 11.8 Å². The molecule has 1 N–H and O–H groups in total. The first-order chi connectivity index (χ1) is 9.48. The molecule has 0 spiro atoms. The van der Waals surface area contributed by atoms with Gasteiger partial charge in [-0.2, -0.15) is 0 Å². The fourth-order valence-electron chi connectivity index (χ4n) is 2.66. The zero-order chi connectivity index (χ0) is 14.5. The number of para-hydroxylation sites is 1. The van der Waals surface area contributed by atoms with Gasteiger partial charge in [0.25, 0.3) is 5.01 Å². The molecule has 0 aliphatic carbocycles. The number of hydrogen-bond acceptors (Lipinski definition) is 4. The van der Waals surface area contributed by atoms with E-state index < -0.39 is 5.97 Å². The van der Waals surface area contributed by atoms with Crippen LogP contribution in [0.4, 0.5) is 0 Å². The molecule has 0 radical (unpaired) electrons. The predicted molar refractivity (Wildman–Crippen MR) is 75.6 cm³/mol. The van der Waals surface area contributed by atoms with Gasteiger partial charge in [-0.15, -0.1) is 4.57 Å². The first-order valence-corrected chi connectivity index (χ1v) is 7.35. The molecule has 1 aliphatic heterocycles. The van der Waals surface area contributed by atoms with E-state index >= 15 is 0 Å². The molecule has 0 bridgehead atoms. The fourth-order valence-corrected chi connectivity index (χ4v) is 3.82. The van der Waals surface area contributed by atoms with E-state index in [4.69, 9.17) is 4.74 Å². The van der Waals surface area contributed by atoms with E-state index in [0.717, 1.165) is 16.3 Å². The largest absolute Gasteiger partial charge is 0.462 e. The second kappa shape index (κ2) is 4.31. The van der Waals surface area contributed by atoms with Gasteiger partial charge in [0, 0.05) is 11.6 Å². The molecule has 1 aliphatic rings. The van der Waals surface area contributed by atoms with Gasteiger partial charge in [-0.25, -0.2) is 4.79 Å². The summed E-state index contributed by atoms with van der Waals surface area (Å²) in [7, 11) is 0. The molecule has 0 saturated carbocycles. The number of nitrogens with zero attached hydrogens (tertiary/aromatic N) is 1. The third-order valence-corrected chi connectivity index (χ3v) is 5.07. The molecule has 20 heavy (non-hydrogen) atoms. The lowest BCUT2D eigenvalue weighted by Crippen LogP contribution is -2.31. The molecule has 1 aromatic heterocycles. The minimum atomic E-state index is -0.467. The Morgan fingerprint density at radius 3 is 2.80 bits per heavy atom. The highest BCUT2D eigenvalue weighted by Gasteiger charge is 2.50. The van der Waals surface area contributed by atoms with Gasteiger partial charge in [0.05, 0.1) is 12.0 Å². The van der Waals surface area contributed by atoms with Crippen LogP contribution in [-0.4, -0.2) is 17.7 Å². The number of aromatic hydroxyl groups is 1. The number of carbonyl (C=O) groups excluding carboxylic acids is 1. The van der Waals surface area contributed by atoms with Crippen molar-refractivity contribution in [2.24, 2.45) is 0 Å². The summed E-state index contributed by atoms with van der Waals surface area (Å²) in [5.74, 6) is -0.494. The molecule has 5 heteroatoms. The van der Waals surface area contributed by atoms with Crippen LogP contribution in [0.5, 0.6) is 5.88 Å². The summed E-state index contributed by atoms with van der Waals surface area (Å²) in [5.41, 5.74) is 1.84. The van der Waals surface area contributed by atoms with Crippen LogP contribution in [0, 0.1) is 0 Å². The molecule has 104 valence electrons. The Kier molecular flexibility index (Phi) is 2.83. The highest BCUT2D eigenvalue weighted by molar-refractivity contribution is 7.13. The molecule has 1 aromatic carbocycles. The van der Waals surface area contributed by atoms with Crippen molar-refractivity contribution in [2.75, 3.05) is 6.61 Å². The first kappa shape index (κ1) is 13.1. The maximum Gasteiger partial charge on any atom is 0.398 e. The molecule has 4 nitrogen and oxygen atoms in total. The van der Waals surface area contributed by atoms with Crippen molar-refractivity contribution in [1.29, 1.82) is 0 Å². The van der Waals surface area contributed by atoms with Crippen LogP contribution in [0.2, 0.25) is 0 Å². The van der Waals surface area contributed by atoms with Crippen molar-refractivity contribution in [1.82, 2.24) is 0 Å². The average molecular weight is 290 g/mol. The Morgan fingerprint density at radius 1 is 1.40 bits per heavy atom. The Labute approximate surface area is 121 Å². The van der Waals surface area contributed by atoms with E-state index in [1.165, 1.54) is 11.3 Å². The van der Waals surface area contributed by atoms with Crippen LogP contribution < -0.4 is 4.57 Å². The summed E-state index contributed by atoms with van der Waals surface area (Å²) in [6.45, 7) is 6.24. The van der Waals surface area contributed by atoms with Crippen LogP contribution in [0.3, 0.4) is 0 Å². The summed E-state index contributed by atoms with van der Waals surface area (Å²) >= 11 is 1.30. The Hall–Kier alpha value is -1.88. The zero-order valence-corrected chi connectivity index (χ0v) is 12.5. The number of rotatable bonds is 2. The third kappa shape index (κ3) is 1.59. The topological polar surface area (TPSA) is 50.4 Å². The van der Waals surface area contributed by atoms with Crippen molar-refractivity contribution < 1.29 is 19.2 Å². The number of aromatic nitrogens is 1. The lowest BCUT2D eigenvalue weighted by atomic mass is 9.87. The van der Waals surface area contributed by atoms with Crippen molar-refractivity contribution in [3.63, 3.8) is 0 Å². The summed E-state index contributed by atoms with van der Waals surface area (Å²) in [6.07, 6.45) is 0. The molecule has 0 unspecified atom stereocenters. The smallest absolute Gasteiger partial charge is 0.398 e. The quantitative estimate of drug-likeness (QED) is 0.683. The number of hydrogen-bond donors (Lipinski definition) is 1. The number of benzene rings is 1. The fraction of sp³-hybridized carbons (Fsp3) is 0.333. The molecule has 0 saturated heterocycles. The Bertz CT molecular complexity index is 703. The standard InChI is InChI=1S/C15H15NO3S/c1-4-19-13(18)11-12(17)16-10-8-6-5-7-9(10)15(2,3)14(16)20-11/h5-8H,4H2,1-3H3/p+1. The maximum absolute atomic E-state index is 11.9. The van der Waals surface area contributed by atoms with E-state index in [0.29, 0.717) is 6.61 Å². The van der Waals surface area contributed by atoms with Crippen LogP contribution >= 0.6 is 11.3 Å². The zero-order valence-electron chi connectivity index (χ0n) is 11.6. The van der Waals surface area contributed by atoms with Crippen molar-refractivity contribution in [2.45, 2.75) is 26.2 Å². The van der Waals surface area contributed by atoms with Gasteiger partial charge < -0.3 is 9.84 Å². The molecule has 0 atom stereocenters. The normalized spacial score (nSPS) is 14.8. The average Bonchev–Trinajstić information content (AvgIpc) is 2.87. The maximum atomic E-state index is 11.9. The van der Waals surface area contributed by atoms with E-state index in [1.807, 2.05) is 18.2 Å². The molecule has 0 fully saturated rings. The second-order valence-corrected chi connectivity index (χ2v) is 6.26. The number of fused-ring (bicyclic) bond motifs is 3. The van der Waals surface area contributed by atoms with Gasteiger partial charge in [-0.3, -0.25) is 0 Å². The molecule has 2 heterocycles. The number of ether oxygens (including phenoxy) is 1. The molecule has 0 amide bonds. The Balaban J connectivity index is 2.23. The van der Waals surface area contributed by atoms with Crippen LogP contribution in [0.25, 0.3) is 5.69 Å². The molecule has 2 aromatic rings. The van der Waals surface area contributed by atoms with Crippen LogP contribution in [0.15, 0.2) is 24.3 Å². The minimum Gasteiger partial charge on any atom is -0.462 e. The first-order valence-electron chi connectivity index (χ1n) is 6.53. The summed E-state index contributed by atoms with van der Waals surface area (Å²) < 4.78 is 6.76. The molecule has 3 rings (SSSR count). The second-order valence-electron chi connectivity index (χ2n) is 5.26.